The number of aryl methyl sites for hydroxylation is 2. The molecule has 1 amide bonds. The van der Waals surface area contributed by atoms with Crippen molar-refractivity contribution in [2.24, 2.45) is 4.99 Å². The monoisotopic (exact) mass is 356 g/mol. The van der Waals surface area contributed by atoms with Crippen LogP contribution in [-0.4, -0.2) is 24.2 Å². The number of carbonyl (C=O) groups is 1. The van der Waals surface area contributed by atoms with Crippen molar-refractivity contribution < 1.29 is 14.3 Å². The van der Waals surface area contributed by atoms with Crippen LogP contribution in [0.2, 0.25) is 0 Å². The van der Waals surface area contributed by atoms with Crippen LogP contribution < -0.4 is 14.3 Å². The van der Waals surface area contributed by atoms with Gasteiger partial charge in [-0.1, -0.05) is 35.6 Å². The Morgan fingerprint density at radius 1 is 1.20 bits per heavy atom. The summed E-state index contributed by atoms with van der Waals surface area (Å²) in [6.45, 7) is 4.68. The van der Waals surface area contributed by atoms with Gasteiger partial charge in [-0.3, -0.25) is 4.79 Å². The Hall–Kier alpha value is -2.60. The highest BCUT2D eigenvalue weighted by Gasteiger charge is 2.13. The lowest BCUT2D eigenvalue weighted by molar-refractivity contribution is -0.120. The normalized spacial score (nSPS) is 11.7. The SMILES string of the molecule is CCn1c(=NC(=O)COc2ccccc2)sc2c(C)ccc(OC)c21. The predicted octanol–water partition coefficient (Wildman–Crippen LogP) is 3.55. The zero-order chi connectivity index (χ0) is 17.8. The molecule has 2 aromatic carbocycles. The largest absolute Gasteiger partial charge is 0.495 e. The van der Waals surface area contributed by atoms with Gasteiger partial charge in [0.05, 0.1) is 11.8 Å². The number of rotatable bonds is 5. The maximum Gasteiger partial charge on any atom is 0.286 e. The highest BCUT2D eigenvalue weighted by Crippen LogP contribution is 2.30. The number of ether oxygens (including phenoxy) is 2. The van der Waals surface area contributed by atoms with Gasteiger partial charge in [-0.15, -0.1) is 0 Å². The minimum Gasteiger partial charge on any atom is -0.495 e. The van der Waals surface area contributed by atoms with Crippen LogP contribution in [0.4, 0.5) is 0 Å². The van der Waals surface area contributed by atoms with E-state index >= 15 is 0 Å². The van der Waals surface area contributed by atoms with Crippen molar-refractivity contribution in [2.45, 2.75) is 20.4 Å². The molecule has 0 bridgehead atoms. The van der Waals surface area contributed by atoms with Gasteiger partial charge in [-0.25, -0.2) is 0 Å². The summed E-state index contributed by atoms with van der Waals surface area (Å²) in [5, 5.41) is 0. The van der Waals surface area contributed by atoms with Gasteiger partial charge in [-0.2, -0.15) is 4.99 Å². The number of amides is 1. The van der Waals surface area contributed by atoms with E-state index in [0.29, 0.717) is 17.1 Å². The lowest BCUT2D eigenvalue weighted by Gasteiger charge is -2.07. The third-order valence-corrected chi connectivity index (χ3v) is 5.06. The molecule has 3 rings (SSSR count). The van der Waals surface area contributed by atoms with E-state index < -0.39 is 0 Å². The van der Waals surface area contributed by atoms with Crippen molar-refractivity contribution in [1.82, 2.24) is 4.57 Å². The Morgan fingerprint density at radius 3 is 2.64 bits per heavy atom. The average molecular weight is 356 g/mol. The molecule has 0 saturated carbocycles. The number of carbonyl (C=O) groups excluding carboxylic acids is 1. The highest BCUT2D eigenvalue weighted by molar-refractivity contribution is 7.16. The molecule has 3 aromatic rings. The second kappa shape index (κ2) is 7.53. The standard InChI is InChI=1S/C19H20N2O3S/c1-4-21-17-15(23-3)11-10-13(2)18(17)25-19(21)20-16(22)12-24-14-8-6-5-7-9-14/h5-11H,4,12H2,1-3H3. The highest BCUT2D eigenvalue weighted by atomic mass is 32.1. The van der Waals surface area contributed by atoms with E-state index in [1.807, 2.05) is 60.9 Å². The van der Waals surface area contributed by atoms with Gasteiger partial charge in [0.1, 0.15) is 17.0 Å². The third-order valence-electron chi connectivity index (χ3n) is 3.85. The van der Waals surface area contributed by atoms with Gasteiger partial charge in [0.25, 0.3) is 5.91 Å². The Labute approximate surface area is 150 Å². The van der Waals surface area contributed by atoms with E-state index in [9.17, 15) is 4.79 Å². The zero-order valence-electron chi connectivity index (χ0n) is 14.5. The number of benzene rings is 2. The molecule has 6 heteroatoms. The number of methoxy groups -OCH3 is 1. The average Bonchev–Trinajstić information content (AvgIpc) is 3.00. The fraction of sp³-hybridized carbons (Fsp3) is 0.263. The molecule has 0 N–H and O–H groups in total. The second-order valence-corrected chi connectivity index (χ2v) is 6.48. The van der Waals surface area contributed by atoms with Crippen molar-refractivity contribution in [3.63, 3.8) is 0 Å². The van der Waals surface area contributed by atoms with Crippen LogP contribution in [0.25, 0.3) is 10.2 Å². The van der Waals surface area contributed by atoms with Crippen molar-refractivity contribution in [3.8, 4) is 11.5 Å². The number of nitrogens with zero attached hydrogens (tertiary/aromatic N) is 2. The molecule has 130 valence electrons. The summed E-state index contributed by atoms with van der Waals surface area (Å²) in [5.41, 5.74) is 2.11. The van der Waals surface area contributed by atoms with Crippen LogP contribution >= 0.6 is 11.3 Å². The first-order valence-corrected chi connectivity index (χ1v) is 8.88. The summed E-state index contributed by atoms with van der Waals surface area (Å²) in [7, 11) is 1.65. The van der Waals surface area contributed by atoms with Crippen LogP contribution in [-0.2, 0) is 11.3 Å². The van der Waals surface area contributed by atoms with Crippen molar-refractivity contribution in [1.29, 1.82) is 0 Å². The zero-order valence-corrected chi connectivity index (χ0v) is 15.3. The maximum atomic E-state index is 12.2. The summed E-state index contributed by atoms with van der Waals surface area (Å²) >= 11 is 1.49. The molecular weight excluding hydrogens is 336 g/mol. The van der Waals surface area contributed by atoms with Crippen LogP contribution in [0.1, 0.15) is 12.5 Å². The van der Waals surface area contributed by atoms with Gasteiger partial charge >= 0.3 is 0 Å². The van der Waals surface area contributed by atoms with E-state index in [4.69, 9.17) is 9.47 Å². The summed E-state index contributed by atoms with van der Waals surface area (Å²) < 4.78 is 14.1. The minimum absolute atomic E-state index is 0.0852. The molecule has 0 aliphatic carbocycles. The van der Waals surface area contributed by atoms with E-state index in [1.54, 1.807) is 7.11 Å². The fourth-order valence-corrected chi connectivity index (χ4v) is 3.82. The minimum atomic E-state index is -0.311. The number of hydrogen-bond donors (Lipinski definition) is 0. The maximum absolute atomic E-state index is 12.2. The first-order chi connectivity index (χ1) is 12.1. The van der Waals surface area contributed by atoms with E-state index in [1.165, 1.54) is 11.3 Å². The molecule has 5 nitrogen and oxygen atoms in total. The molecule has 0 aliphatic heterocycles. The number of aromatic nitrogens is 1. The molecule has 0 radical (unpaired) electrons. The van der Waals surface area contributed by atoms with Crippen LogP contribution in [0.3, 0.4) is 0 Å². The predicted molar refractivity (Wildman–Crippen MR) is 99.3 cm³/mol. The van der Waals surface area contributed by atoms with Gasteiger partial charge in [-0.05, 0) is 37.6 Å². The quantitative estimate of drug-likeness (QED) is 0.702. The van der Waals surface area contributed by atoms with E-state index in [0.717, 1.165) is 21.5 Å². The summed E-state index contributed by atoms with van der Waals surface area (Å²) in [6.07, 6.45) is 0. The lowest BCUT2D eigenvalue weighted by atomic mass is 10.2. The molecule has 25 heavy (non-hydrogen) atoms. The Bertz CT molecular complexity index is 958. The summed E-state index contributed by atoms with van der Waals surface area (Å²) in [6, 6.07) is 13.2. The van der Waals surface area contributed by atoms with Crippen molar-refractivity contribution in [2.75, 3.05) is 13.7 Å². The molecule has 0 saturated heterocycles. The number of hydrogen-bond acceptors (Lipinski definition) is 4. The van der Waals surface area contributed by atoms with Gasteiger partial charge in [0.2, 0.25) is 0 Å². The number of fused-ring (bicyclic) bond motifs is 1. The van der Waals surface area contributed by atoms with Crippen molar-refractivity contribution >= 4 is 27.5 Å². The van der Waals surface area contributed by atoms with Crippen LogP contribution in [0.5, 0.6) is 11.5 Å². The Kier molecular flexibility index (Phi) is 5.19. The smallest absolute Gasteiger partial charge is 0.286 e. The van der Waals surface area contributed by atoms with E-state index in [-0.39, 0.29) is 12.5 Å². The number of para-hydroxylation sites is 1. The topological polar surface area (TPSA) is 52.8 Å². The van der Waals surface area contributed by atoms with Gasteiger partial charge < -0.3 is 14.0 Å². The third kappa shape index (κ3) is 3.58. The lowest BCUT2D eigenvalue weighted by Crippen LogP contribution is -2.19. The summed E-state index contributed by atoms with van der Waals surface area (Å²) in [5.74, 6) is 1.13. The first-order valence-electron chi connectivity index (χ1n) is 8.06. The number of thiazole rings is 1. The second-order valence-electron chi connectivity index (χ2n) is 5.50. The summed E-state index contributed by atoms with van der Waals surface area (Å²) in [4.78, 5) is 17.2. The van der Waals surface area contributed by atoms with Crippen molar-refractivity contribution in [3.05, 3.63) is 52.8 Å². The first kappa shape index (κ1) is 17.2. The van der Waals surface area contributed by atoms with Crippen LogP contribution in [0, 0.1) is 6.92 Å². The molecule has 0 fully saturated rings. The van der Waals surface area contributed by atoms with Gasteiger partial charge in [0.15, 0.2) is 11.4 Å². The Morgan fingerprint density at radius 2 is 1.96 bits per heavy atom. The molecule has 0 aliphatic rings. The van der Waals surface area contributed by atoms with Crippen LogP contribution in [0.15, 0.2) is 47.5 Å². The molecule has 1 heterocycles. The molecule has 0 atom stereocenters. The van der Waals surface area contributed by atoms with Gasteiger partial charge in [0, 0.05) is 6.54 Å². The molecule has 0 unspecified atom stereocenters. The molecule has 1 aromatic heterocycles. The molecule has 0 spiro atoms. The van der Waals surface area contributed by atoms with E-state index in [2.05, 4.69) is 4.99 Å². The fourth-order valence-electron chi connectivity index (χ4n) is 2.62. The Balaban J connectivity index is 1.95. The molecular formula is C19H20N2O3S.